The van der Waals surface area contributed by atoms with Crippen LogP contribution in [0.4, 0.5) is 8.78 Å². The van der Waals surface area contributed by atoms with Crippen molar-refractivity contribution in [2.75, 3.05) is 7.05 Å². The summed E-state index contributed by atoms with van der Waals surface area (Å²) in [5, 5.41) is 3.32. The van der Waals surface area contributed by atoms with Crippen molar-refractivity contribution in [1.82, 2.24) is 5.32 Å². The average Bonchev–Trinajstić information content (AvgIpc) is 2.58. The van der Waals surface area contributed by atoms with Gasteiger partial charge in [-0.1, -0.05) is 6.07 Å². The van der Waals surface area contributed by atoms with Gasteiger partial charge in [0.15, 0.2) is 11.6 Å². The molecule has 1 fully saturated rings. The third kappa shape index (κ3) is 3.61. The lowest BCUT2D eigenvalue weighted by Gasteiger charge is -2.33. The van der Waals surface area contributed by atoms with Crippen molar-refractivity contribution in [1.29, 1.82) is 0 Å². The van der Waals surface area contributed by atoms with Crippen molar-refractivity contribution in [3.05, 3.63) is 35.4 Å². The second-order valence-corrected chi connectivity index (χ2v) is 7.12. The molecule has 0 aliphatic carbocycles. The van der Waals surface area contributed by atoms with E-state index in [9.17, 15) is 8.78 Å². The Morgan fingerprint density at radius 1 is 1.24 bits per heavy atom. The van der Waals surface area contributed by atoms with E-state index in [1.54, 1.807) is 6.07 Å². The highest BCUT2D eigenvalue weighted by Gasteiger charge is 2.48. The van der Waals surface area contributed by atoms with E-state index in [1.807, 2.05) is 7.05 Å². The number of hydrogen-bond donors (Lipinski definition) is 1. The average molecular weight is 297 g/mol. The molecule has 1 N–H and O–H groups in total. The van der Waals surface area contributed by atoms with E-state index in [1.165, 1.54) is 12.1 Å². The molecule has 1 aliphatic heterocycles. The Balaban J connectivity index is 2.18. The van der Waals surface area contributed by atoms with E-state index in [-0.39, 0.29) is 17.2 Å². The third-order valence-electron chi connectivity index (χ3n) is 4.44. The van der Waals surface area contributed by atoms with Gasteiger partial charge in [-0.25, -0.2) is 8.78 Å². The van der Waals surface area contributed by atoms with Crippen molar-refractivity contribution >= 4 is 0 Å². The molecule has 21 heavy (non-hydrogen) atoms. The second kappa shape index (κ2) is 5.65. The van der Waals surface area contributed by atoms with Gasteiger partial charge in [0.2, 0.25) is 0 Å². The fraction of sp³-hybridized carbons (Fsp3) is 0.647. The van der Waals surface area contributed by atoms with E-state index in [0.29, 0.717) is 12.3 Å². The Hall–Kier alpha value is -1.00. The van der Waals surface area contributed by atoms with Crippen LogP contribution in [0.15, 0.2) is 18.2 Å². The molecule has 0 bridgehead atoms. The highest BCUT2D eigenvalue weighted by Crippen LogP contribution is 2.44. The summed E-state index contributed by atoms with van der Waals surface area (Å²) in [5.74, 6) is -1.28. The molecular weight excluding hydrogens is 272 g/mol. The predicted molar refractivity (Wildman–Crippen MR) is 80.3 cm³/mol. The number of hydrogen-bond acceptors (Lipinski definition) is 2. The lowest BCUT2D eigenvalue weighted by molar-refractivity contribution is -0.0774. The van der Waals surface area contributed by atoms with Crippen LogP contribution in [0.3, 0.4) is 0 Å². The molecule has 2 unspecified atom stereocenters. The number of likely N-dealkylation sites (N-methyl/N-ethyl adjacent to an activating group) is 1. The first-order valence-electron chi connectivity index (χ1n) is 7.46. The Kier molecular flexibility index (Phi) is 4.41. The van der Waals surface area contributed by atoms with Crippen molar-refractivity contribution in [2.24, 2.45) is 5.92 Å². The van der Waals surface area contributed by atoms with Gasteiger partial charge in [-0.15, -0.1) is 0 Å². The molecule has 118 valence electrons. The minimum atomic E-state index is -0.801. The normalized spacial score (nSPS) is 25.0. The van der Waals surface area contributed by atoms with Gasteiger partial charge >= 0.3 is 0 Å². The molecule has 1 heterocycles. The second-order valence-electron chi connectivity index (χ2n) is 7.12. The molecule has 0 aromatic heterocycles. The smallest absolute Gasteiger partial charge is 0.159 e. The van der Waals surface area contributed by atoms with Crippen LogP contribution in [-0.4, -0.2) is 24.3 Å². The zero-order chi connectivity index (χ0) is 15.8. The standard InChI is InChI=1S/C17H25F2NO/c1-16(2)10-12(17(3,4)21-16)15(20-5)9-11-6-7-13(18)14(19)8-11/h6-8,12,15,20H,9-10H2,1-5H3. The maximum atomic E-state index is 13.4. The van der Waals surface area contributed by atoms with Crippen LogP contribution in [0, 0.1) is 17.6 Å². The molecule has 0 saturated carbocycles. The van der Waals surface area contributed by atoms with Crippen molar-refractivity contribution < 1.29 is 13.5 Å². The minimum absolute atomic E-state index is 0.155. The largest absolute Gasteiger partial charge is 0.369 e. The van der Waals surface area contributed by atoms with Crippen LogP contribution in [0.25, 0.3) is 0 Å². The highest BCUT2D eigenvalue weighted by molar-refractivity contribution is 5.19. The predicted octanol–water partition coefficient (Wildman–Crippen LogP) is 3.69. The number of rotatable bonds is 4. The summed E-state index contributed by atoms with van der Waals surface area (Å²) in [6.45, 7) is 8.39. The van der Waals surface area contributed by atoms with Crippen molar-refractivity contribution in [3.63, 3.8) is 0 Å². The Bertz CT molecular complexity index is 514. The van der Waals surface area contributed by atoms with E-state index in [2.05, 4.69) is 33.0 Å². The minimum Gasteiger partial charge on any atom is -0.369 e. The van der Waals surface area contributed by atoms with Gasteiger partial charge < -0.3 is 10.1 Å². The van der Waals surface area contributed by atoms with Gasteiger partial charge in [0.25, 0.3) is 0 Å². The van der Waals surface area contributed by atoms with Crippen molar-refractivity contribution in [3.8, 4) is 0 Å². The first-order valence-corrected chi connectivity index (χ1v) is 7.46. The van der Waals surface area contributed by atoms with Gasteiger partial charge in [-0.3, -0.25) is 0 Å². The van der Waals surface area contributed by atoms with Crippen LogP contribution >= 0.6 is 0 Å². The SMILES string of the molecule is CNC(Cc1ccc(F)c(F)c1)C1CC(C)(C)OC1(C)C. The van der Waals surface area contributed by atoms with Gasteiger partial charge in [-0.2, -0.15) is 0 Å². The Morgan fingerprint density at radius 3 is 2.38 bits per heavy atom. The summed E-state index contributed by atoms with van der Waals surface area (Å²) < 4.78 is 32.5. The monoisotopic (exact) mass is 297 g/mol. The van der Waals surface area contributed by atoms with E-state index in [4.69, 9.17) is 4.74 Å². The maximum absolute atomic E-state index is 13.4. The lowest BCUT2D eigenvalue weighted by atomic mass is 9.79. The van der Waals surface area contributed by atoms with Gasteiger partial charge in [0, 0.05) is 12.0 Å². The molecule has 1 aromatic carbocycles. The maximum Gasteiger partial charge on any atom is 0.159 e. The Morgan fingerprint density at radius 2 is 1.90 bits per heavy atom. The lowest BCUT2D eigenvalue weighted by Crippen LogP contribution is -2.44. The first-order chi connectivity index (χ1) is 9.64. The molecule has 0 radical (unpaired) electrons. The van der Waals surface area contributed by atoms with Crippen LogP contribution < -0.4 is 5.32 Å². The quantitative estimate of drug-likeness (QED) is 0.915. The fourth-order valence-corrected chi connectivity index (χ4v) is 3.60. The highest BCUT2D eigenvalue weighted by atomic mass is 19.2. The van der Waals surface area contributed by atoms with Gasteiger partial charge in [0.1, 0.15) is 0 Å². The fourth-order valence-electron chi connectivity index (χ4n) is 3.60. The summed E-state index contributed by atoms with van der Waals surface area (Å²) in [7, 11) is 1.91. The molecule has 1 saturated heterocycles. The summed E-state index contributed by atoms with van der Waals surface area (Å²) >= 11 is 0. The summed E-state index contributed by atoms with van der Waals surface area (Å²) in [6.07, 6.45) is 1.59. The third-order valence-corrected chi connectivity index (χ3v) is 4.44. The summed E-state index contributed by atoms with van der Waals surface area (Å²) in [6, 6.07) is 4.29. The van der Waals surface area contributed by atoms with Crippen LogP contribution in [-0.2, 0) is 11.2 Å². The topological polar surface area (TPSA) is 21.3 Å². The number of ether oxygens (including phenoxy) is 1. The zero-order valence-corrected chi connectivity index (χ0v) is 13.5. The number of benzene rings is 1. The van der Waals surface area contributed by atoms with Gasteiger partial charge in [-0.05, 0) is 65.3 Å². The molecule has 2 rings (SSSR count). The zero-order valence-electron chi connectivity index (χ0n) is 13.5. The van der Waals surface area contributed by atoms with Crippen molar-refractivity contribution in [2.45, 2.75) is 57.8 Å². The van der Waals surface area contributed by atoms with Crippen LogP contribution in [0.2, 0.25) is 0 Å². The Labute approximate surface area is 125 Å². The van der Waals surface area contributed by atoms with Gasteiger partial charge in [0.05, 0.1) is 11.2 Å². The summed E-state index contributed by atoms with van der Waals surface area (Å²) in [4.78, 5) is 0. The molecule has 0 spiro atoms. The molecule has 0 amide bonds. The molecular formula is C17H25F2NO. The van der Waals surface area contributed by atoms with Crippen LogP contribution in [0.5, 0.6) is 0 Å². The number of nitrogens with one attached hydrogen (secondary N) is 1. The molecule has 2 atom stereocenters. The molecule has 1 aliphatic rings. The van der Waals surface area contributed by atoms with E-state index < -0.39 is 11.6 Å². The number of halogens is 2. The van der Waals surface area contributed by atoms with E-state index >= 15 is 0 Å². The summed E-state index contributed by atoms with van der Waals surface area (Å²) in [5.41, 5.74) is 0.404. The molecule has 2 nitrogen and oxygen atoms in total. The van der Waals surface area contributed by atoms with Crippen LogP contribution in [0.1, 0.15) is 39.7 Å². The van der Waals surface area contributed by atoms with E-state index in [0.717, 1.165) is 12.0 Å². The molecule has 4 heteroatoms. The molecule has 1 aromatic rings. The first kappa shape index (κ1) is 16.4.